The summed E-state index contributed by atoms with van der Waals surface area (Å²) in [4.78, 5) is 10.5. The Morgan fingerprint density at radius 2 is 2.00 bits per heavy atom. The van der Waals surface area contributed by atoms with E-state index in [4.69, 9.17) is 0 Å². The molecule has 0 amide bonds. The van der Waals surface area contributed by atoms with E-state index in [1.54, 1.807) is 10.2 Å². The summed E-state index contributed by atoms with van der Waals surface area (Å²) in [6.07, 6.45) is 0.272. The zero-order valence-corrected chi connectivity index (χ0v) is 6.65. The monoisotopic (exact) mass is 187 g/mol. The standard InChI is InChI=1S/C4H9N7O2/c12-11(13)4-1-3-5-9(7-4)2-10(6-3)8-4/h3,5-8H,1-2H2. The maximum atomic E-state index is 10.8. The molecule has 72 valence electrons. The number of nitrogens with zero attached hydrogens (tertiary/aromatic N) is 3. The zero-order chi connectivity index (χ0) is 9.05. The van der Waals surface area contributed by atoms with Crippen molar-refractivity contribution < 1.29 is 4.92 Å². The number of hydrazine groups is 4. The fourth-order valence-electron chi connectivity index (χ4n) is 1.87. The van der Waals surface area contributed by atoms with Gasteiger partial charge in [0, 0.05) is 0 Å². The lowest BCUT2D eigenvalue weighted by molar-refractivity contribution is -0.624. The normalized spacial score (nSPS) is 52.5. The van der Waals surface area contributed by atoms with Crippen LogP contribution >= 0.6 is 0 Å². The van der Waals surface area contributed by atoms with Gasteiger partial charge < -0.3 is 0 Å². The Labute approximate surface area is 73.1 Å². The van der Waals surface area contributed by atoms with Crippen LogP contribution in [-0.4, -0.2) is 33.8 Å². The van der Waals surface area contributed by atoms with Crippen molar-refractivity contribution in [3.8, 4) is 0 Å². The Morgan fingerprint density at radius 1 is 1.38 bits per heavy atom. The minimum absolute atomic E-state index is 0.0818. The van der Waals surface area contributed by atoms with Gasteiger partial charge in [-0.2, -0.15) is 21.1 Å². The molecule has 2 atom stereocenters. The number of rotatable bonds is 1. The van der Waals surface area contributed by atoms with Gasteiger partial charge in [-0.1, -0.05) is 0 Å². The fourth-order valence-corrected chi connectivity index (χ4v) is 1.87. The molecule has 9 nitrogen and oxygen atoms in total. The van der Waals surface area contributed by atoms with Gasteiger partial charge in [0.1, 0.15) is 6.67 Å². The second-order valence-electron chi connectivity index (χ2n) is 3.35. The van der Waals surface area contributed by atoms with Gasteiger partial charge in [0.15, 0.2) is 0 Å². The molecule has 13 heavy (non-hydrogen) atoms. The lowest BCUT2D eigenvalue weighted by atomic mass is 10.1. The lowest BCUT2D eigenvalue weighted by Gasteiger charge is -2.55. The molecule has 4 aliphatic rings. The van der Waals surface area contributed by atoms with Crippen LogP contribution in [0.4, 0.5) is 0 Å². The van der Waals surface area contributed by atoms with Crippen molar-refractivity contribution in [2.75, 3.05) is 6.67 Å². The van der Waals surface area contributed by atoms with Crippen molar-refractivity contribution in [3.63, 3.8) is 0 Å². The summed E-state index contributed by atoms with van der Waals surface area (Å²) in [5, 5.41) is 14.0. The molecule has 4 rings (SSSR count). The number of nitrogens with one attached hydrogen (secondary N) is 4. The SMILES string of the molecule is O=[N+]([O-])C12CC3NN(CN(N3)N1)N2. The molecule has 2 unspecified atom stereocenters. The van der Waals surface area contributed by atoms with Gasteiger partial charge in [-0.25, -0.2) is 10.9 Å². The molecule has 4 aliphatic heterocycles. The van der Waals surface area contributed by atoms with E-state index in [9.17, 15) is 10.1 Å². The molecule has 0 aromatic rings. The maximum absolute atomic E-state index is 10.8. The van der Waals surface area contributed by atoms with E-state index in [2.05, 4.69) is 21.7 Å². The molecule has 4 N–H and O–H groups in total. The predicted molar refractivity (Wildman–Crippen MR) is 39.2 cm³/mol. The Bertz CT molecular complexity index is 232. The summed E-state index contributed by atoms with van der Waals surface area (Å²) in [5.74, 6) is -1.25. The van der Waals surface area contributed by atoms with Gasteiger partial charge in [0.05, 0.1) is 17.5 Å². The molecule has 0 spiro atoms. The van der Waals surface area contributed by atoms with E-state index < -0.39 is 5.79 Å². The smallest absolute Gasteiger partial charge is 0.261 e. The largest absolute Gasteiger partial charge is 0.362 e. The molecule has 4 heterocycles. The Hall–Kier alpha value is -0.840. The number of hydrogen-bond donors (Lipinski definition) is 4. The average molecular weight is 187 g/mol. The summed E-state index contributed by atoms with van der Waals surface area (Å²) >= 11 is 0. The van der Waals surface area contributed by atoms with Gasteiger partial charge in [0.25, 0.3) is 0 Å². The minimum Gasteiger partial charge on any atom is -0.261 e. The first-order valence-corrected chi connectivity index (χ1v) is 3.95. The van der Waals surface area contributed by atoms with Crippen LogP contribution in [-0.2, 0) is 0 Å². The average Bonchev–Trinajstić information content (AvgIpc) is 2.00. The molecule has 0 saturated carbocycles. The van der Waals surface area contributed by atoms with E-state index in [1.807, 2.05) is 0 Å². The Morgan fingerprint density at radius 3 is 2.46 bits per heavy atom. The molecule has 0 aliphatic carbocycles. The highest BCUT2D eigenvalue weighted by molar-refractivity contribution is 4.88. The molecular weight excluding hydrogens is 178 g/mol. The maximum Gasteiger partial charge on any atom is 0.362 e. The van der Waals surface area contributed by atoms with Gasteiger partial charge in [-0.3, -0.25) is 10.1 Å². The lowest BCUT2D eigenvalue weighted by Crippen LogP contribution is -2.91. The van der Waals surface area contributed by atoms with E-state index in [0.29, 0.717) is 13.1 Å². The third-order valence-corrected chi connectivity index (χ3v) is 2.36. The van der Waals surface area contributed by atoms with Crippen LogP contribution in [0.3, 0.4) is 0 Å². The van der Waals surface area contributed by atoms with Gasteiger partial charge in [-0.15, -0.1) is 0 Å². The van der Waals surface area contributed by atoms with Crippen molar-refractivity contribution in [2.24, 2.45) is 0 Å². The first-order chi connectivity index (χ1) is 6.18. The summed E-state index contributed by atoms with van der Waals surface area (Å²) in [5.41, 5.74) is 11.6. The van der Waals surface area contributed by atoms with Crippen LogP contribution in [0.1, 0.15) is 6.42 Å². The van der Waals surface area contributed by atoms with Gasteiger partial charge >= 0.3 is 5.79 Å². The van der Waals surface area contributed by atoms with Crippen LogP contribution in [0.25, 0.3) is 0 Å². The molecule has 0 radical (unpaired) electrons. The first kappa shape index (κ1) is 7.55. The molecular formula is C4H9N7O2. The highest BCUT2D eigenvalue weighted by Crippen LogP contribution is 2.22. The van der Waals surface area contributed by atoms with Gasteiger partial charge in [-0.05, 0) is 0 Å². The van der Waals surface area contributed by atoms with E-state index in [0.717, 1.165) is 0 Å². The molecule has 0 aromatic carbocycles. The van der Waals surface area contributed by atoms with Crippen LogP contribution in [0, 0.1) is 10.1 Å². The summed E-state index contributed by atoms with van der Waals surface area (Å²) in [6.45, 7) is 0.506. The molecule has 4 bridgehead atoms. The number of nitro groups is 1. The van der Waals surface area contributed by atoms with Crippen LogP contribution in [0.2, 0.25) is 0 Å². The quantitative estimate of drug-likeness (QED) is 0.259. The molecule has 4 fully saturated rings. The van der Waals surface area contributed by atoms with Crippen LogP contribution in [0.5, 0.6) is 0 Å². The summed E-state index contributed by atoms with van der Waals surface area (Å²) in [6, 6.07) is 0. The second-order valence-corrected chi connectivity index (χ2v) is 3.35. The third-order valence-electron chi connectivity index (χ3n) is 2.36. The molecule has 4 saturated heterocycles. The van der Waals surface area contributed by atoms with Crippen molar-refractivity contribution in [3.05, 3.63) is 10.1 Å². The summed E-state index contributed by atoms with van der Waals surface area (Å²) in [7, 11) is 0. The highest BCUT2D eigenvalue weighted by Gasteiger charge is 2.58. The first-order valence-electron chi connectivity index (χ1n) is 3.95. The Kier molecular flexibility index (Phi) is 1.25. The topological polar surface area (TPSA) is 97.7 Å². The van der Waals surface area contributed by atoms with Gasteiger partial charge in [0.2, 0.25) is 0 Å². The summed E-state index contributed by atoms with van der Waals surface area (Å²) < 4.78 is 0. The van der Waals surface area contributed by atoms with E-state index in [1.165, 1.54) is 0 Å². The van der Waals surface area contributed by atoms with E-state index >= 15 is 0 Å². The zero-order valence-electron chi connectivity index (χ0n) is 6.65. The van der Waals surface area contributed by atoms with Crippen molar-refractivity contribution in [2.45, 2.75) is 18.4 Å². The molecule has 9 heteroatoms. The van der Waals surface area contributed by atoms with E-state index in [-0.39, 0.29) is 11.1 Å². The van der Waals surface area contributed by atoms with Crippen LogP contribution < -0.4 is 21.7 Å². The van der Waals surface area contributed by atoms with Crippen LogP contribution in [0.15, 0.2) is 0 Å². The Balaban J connectivity index is 1.95. The van der Waals surface area contributed by atoms with Crippen molar-refractivity contribution in [1.82, 2.24) is 31.9 Å². The minimum atomic E-state index is -1.25. The number of hydrogen-bond acceptors (Lipinski definition) is 8. The third kappa shape index (κ3) is 0.905. The second kappa shape index (κ2) is 2.15. The van der Waals surface area contributed by atoms with Crippen molar-refractivity contribution in [1.29, 1.82) is 0 Å². The molecule has 0 aromatic heterocycles. The fraction of sp³-hybridized carbons (Fsp3) is 1.00. The predicted octanol–water partition coefficient (Wildman–Crippen LogP) is -2.75. The highest BCUT2D eigenvalue weighted by atomic mass is 16.6. The van der Waals surface area contributed by atoms with Crippen molar-refractivity contribution >= 4 is 0 Å².